The highest BCUT2D eigenvalue weighted by atomic mass is 16.2. The summed E-state index contributed by atoms with van der Waals surface area (Å²) in [6, 6.07) is 9.66. The van der Waals surface area contributed by atoms with E-state index in [-0.39, 0.29) is 17.9 Å². The number of nitrogens with zero attached hydrogens (tertiary/aromatic N) is 1. The number of benzene rings is 1. The van der Waals surface area contributed by atoms with Crippen molar-refractivity contribution in [1.29, 1.82) is 0 Å². The molecular formula is C21H30N2O2. The van der Waals surface area contributed by atoms with Crippen LogP contribution in [0.3, 0.4) is 0 Å². The Bertz CT molecular complexity index is 559. The predicted octanol–water partition coefficient (Wildman–Crippen LogP) is 3.77. The third kappa shape index (κ3) is 5.32. The topological polar surface area (TPSA) is 49.4 Å². The van der Waals surface area contributed by atoms with Crippen molar-refractivity contribution in [3.8, 4) is 0 Å². The number of hydrogen-bond acceptors (Lipinski definition) is 2. The molecule has 1 aliphatic heterocycles. The van der Waals surface area contributed by atoms with Gasteiger partial charge in [-0.05, 0) is 37.3 Å². The van der Waals surface area contributed by atoms with E-state index in [1.54, 1.807) is 0 Å². The van der Waals surface area contributed by atoms with E-state index >= 15 is 0 Å². The first kappa shape index (κ1) is 18.0. The molecule has 0 unspecified atom stereocenters. The van der Waals surface area contributed by atoms with Crippen molar-refractivity contribution < 1.29 is 9.59 Å². The molecule has 4 nitrogen and oxygen atoms in total. The highest BCUT2D eigenvalue weighted by Gasteiger charge is 2.24. The molecule has 2 fully saturated rings. The molecule has 1 aromatic rings. The van der Waals surface area contributed by atoms with Gasteiger partial charge in [-0.3, -0.25) is 9.59 Å². The van der Waals surface area contributed by atoms with Gasteiger partial charge in [-0.15, -0.1) is 0 Å². The number of piperidine rings is 1. The van der Waals surface area contributed by atoms with Crippen molar-refractivity contribution in [2.75, 3.05) is 13.1 Å². The van der Waals surface area contributed by atoms with E-state index in [2.05, 4.69) is 5.32 Å². The van der Waals surface area contributed by atoms with Crippen LogP contribution in [0.25, 0.3) is 0 Å². The average molecular weight is 342 g/mol. The number of hydrogen-bond donors (Lipinski definition) is 1. The summed E-state index contributed by atoms with van der Waals surface area (Å²) in [5.41, 5.74) is 0.748. The summed E-state index contributed by atoms with van der Waals surface area (Å²) in [5, 5.41) is 3.18. The van der Waals surface area contributed by atoms with E-state index in [0.29, 0.717) is 6.42 Å². The zero-order valence-corrected chi connectivity index (χ0v) is 15.1. The lowest BCUT2D eigenvalue weighted by Crippen LogP contribution is -2.46. The Morgan fingerprint density at radius 2 is 1.64 bits per heavy atom. The summed E-state index contributed by atoms with van der Waals surface area (Å²) in [5.74, 6) is 1.05. The van der Waals surface area contributed by atoms with Crippen molar-refractivity contribution >= 4 is 11.8 Å². The van der Waals surface area contributed by atoms with Crippen molar-refractivity contribution in [3.05, 3.63) is 35.9 Å². The minimum atomic E-state index is 0.0997. The van der Waals surface area contributed by atoms with Crippen molar-refractivity contribution in [3.63, 3.8) is 0 Å². The van der Waals surface area contributed by atoms with Gasteiger partial charge in [-0.2, -0.15) is 0 Å². The molecule has 1 saturated heterocycles. The fraction of sp³-hybridized carbons (Fsp3) is 0.619. The maximum Gasteiger partial charge on any atom is 0.253 e. The first-order valence-corrected chi connectivity index (χ1v) is 9.86. The molecule has 0 bridgehead atoms. The highest BCUT2D eigenvalue weighted by molar-refractivity contribution is 5.94. The minimum absolute atomic E-state index is 0.0997. The van der Waals surface area contributed by atoms with Crippen molar-refractivity contribution in [1.82, 2.24) is 10.2 Å². The molecule has 0 spiro atoms. The van der Waals surface area contributed by atoms with Crippen molar-refractivity contribution in [2.45, 2.75) is 63.8 Å². The molecule has 1 N–H and O–H groups in total. The number of likely N-dealkylation sites (tertiary alicyclic amines) is 1. The Labute approximate surface area is 151 Å². The average Bonchev–Trinajstić information content (AvgIpc) is 2.68. The van der Waals surface area contributed by atoms with Crippen LogP contribution in [-0.4, -0.2) is 35.8 Å². The summed E-state index contributed by atoms with van der Waals surface area (Å²) in [6.07, 6.45) is 10.0. The summed E-state index contributed by atoms with van der Waals surface area (Å²) in [6.45, 7) is 1.45. The Morgan fingerprint density at radius 3 is 2.32 bits per heavy atom. The Hall–Kier alpha value is -1.84. The third-order valence-electron chi connectivity index (χ3n) is 5.67. The van der Waals surface area contributed by atoms with E-state index < -0.39 is 0 Å². The lowest BCUT2D eigenvalue weighted by Gasteiger charge is -2.32. The Morgan fingerprint density at radius 1 is 0.960 bits per heavy atom. The quantitative estimate of drug-likeness (QED) is 0.885. The van der Waals surface area contributed by atoms with Gasteiger partial charge < -0.3 is 10.2 Å². The van der Waals surface area contributed by atoms with E-state index in [1.807, 2.05) is 35.2 Å². The molecule has 0 aromatic heterocycles. The van der Waals surface area contributed by atoms with Crippen LogP contribution in [0.2, 0.25) is 0 Å². The lowest BCUT2D eigenvalue weighted by molar-refractivity contribution is -0.122. The second-order valence-electron chi connectivity index (χ2n) is 7.54. The van der Waals surface area contributed by atoms with Gasteiger partial charge in [-0.1, -0.05) is 50.3 Å². The van der Waals surface area contributed by atoms with Crippen molar-refractivity contribution in [2.24, 2.45) is 5.92 Å². The van der Waals surface area contributed by atoms with E-state index in [0.717, 1.165) is 43.8 Å². The van der Waals surface area contributed by atoms with Crippen LogP contribution >= 0.6 is 0 Å². The summed E-state index contributed by atoms with van der Waals surface area (Å²) in [7, 11) is 0. The van der Waals surface area contributed by atoms with E-state index in [9.17, 15) is 9.59 Å². The number of amides is 2. The van der Waals surface area contributed by atoms with Crippen LogP contribution in [0.5, 0.6) is 0 Å². The molecule has 2 amide bonds. The summed E-state index contributed by atoms with van der Waals surface area (Å²) < 4.78 is 0. The minimum Gasteiger partial charge on any atom is -0.353 e. The van der Waals surface area contributed by atoms with Gasteiger partial charge in [0.05, 0.1) is 0 Å². The highest BCUT2D eigenvalue weighted by Crippen LogP contribution is 2.27. The van der Waals surface area contributed by atoms with E-state index in [1.165, 1.54) is 32.1 Å². The molecule has 1 aliphatic carbocycles. The number of rotatable bonds is 5. The molecule has 3 rings (SSSR count). The van der Waals surface area contributed by atoms with Crippen LogP contribution in [0.4, 0.5) is 0 Å². The van der Waals surface area contributed by atoms with Crippen LogP contribution in [0.15, 0.2) is 30.3 Å². The van der Waals surface area contributed by atoms with Crippen LogP contribution in [0, 0.1) is 5.92 Å². The second kappa shape index (κ2) is 9.02. The fourth-order valence-corrected chi connectivity index (χ4v) is 4.10. The van der Waals surface area contributed by atoms with Gasteiger partial charge in [0, 0.05) is 31.1 Å². The second-order valence-corrected chi connectivity index (χ2v) is 7.54. The zero-order chi connectivity index (χ0) is 17.5. The molecule has 1 saturated carbocycles. The third-order valence-corrected chi connectivity index (χ3v) is 5.67. The maximum atomic E-state index is 12.4. The number of nitrogens with one attached hydrogen (secondary N) is 1. The summed E-state index contributed by atoms with van der Waals surface area (Å²) in [4.78, 5) is 26.5. The first-order chi connectivity index (χ1) is 12.2. The SMILES string of the molecule is O=C(CCC1CCCCC1)NC1CCN(C(=O)c2ccccc2)CC1. The molecule has 25 heavy (non-hydrogen) atoms. The van der Waals surface area contributed by atoms with Crippen LogP contribution < -0.4 is 5.32 Å². The smallest absolute Gasteiger partial charge is 0.253 e. The summed E-state index contributed by atoms with van der Waals surface area (Å²) >= 11 is 0. The van der Waals surface area contributed by atoms with Gasteiger partial charge in [0.2, 0.25) is 5.91 Å². The molecule has 0 atom stereocenters. The van der Waals surface area contributed by atoms with Gasteiger partial charge in [-0.25, -0.2) is 0 Å². The zero-order valence-electron chi connectivity index (χ0n) is 15.1. The predicted molar refractivity (Wildman–Crippen MR) is 99.3 cm³/mol. The lowest BCUT2D eigenvalue weighted by atomic mass is 9.86. The molecule has 0 radical (unpaired) electrons. The Balaban J connectivity index is 1.37. The standard InChI is InChI=1S/C21H30N2O2/c24-20(12-11-17-7-3-1-4-8-17)22-19-13-15-23(16-14-19)21(25)18-9-5-2-6-10-18/h2,5-6,9-10,17,19H,1,3-4,7-8,11-16H2,(H,22,24). The number of carbonyl (C=O) groups is 2. The number of carbonyl (C=O) groups excluding carboxylic acids is 2. The van der Waals surface area contributed by atoms with Gasteiger partial charge in [0.15, 0.2) is 0 Å². The largest absolute Gasteiger partial charge is 0.353 e. The normalized spacial score (nSPS) is 19.6. The molecule has 1 heterocycles. The van der Waals surface area contributed by atoms with Gasteiger partial charge in [0.1, 0.15) is 0 Å². The first-order valence-electron chi connectivity index (χ1n) is 9.86. The van der Waals surface area contributed by atoms with Gasteiger partial charge in [0.25, 0.3) is 5.91 Å². The molecule has 4 heteroatoms. The van der Waals surface area contributed by atoms with Gasteiger partial charge >= 0.3 is 0 Å². The monoisotopic (exact) mass is 342 g/mol. The van der Waals surface area contributed by atoms with E-state index in [4.69, 9.17) is 0 Å². The Kier molecular flexibility index (Phi) is 6.48. The molecular weight excluding hydrogens is 312 g/mol. The molecule has 2 aliphatic rings. The molecule has 1 aromatic carbocycles. The van der Waals surface area contributed by atoms with Crippen LogP contribution in [0.1, 0.15) is 68.1 Å². The van der Waals surface area contributed by atoms with Crippen LogP contribution in [-0.2, 0) is 4.79 Å². The molecule has 136 valence electrons. The fourth-order valence-electron chi connectivity index (χ4n) is 4.10. The maximum absolute atomic E-state index is 12.4.